The molecule has 2 heteroatoms. The zero-order chi connectivity index (χ0) is 12.4. The molecule has 0 radical (unpaired) electrons. The third-order valence-corrected chi connectivity index (χ3v) is 2.97. The molecule has 0 fully saturated rings. The lowest BCUT2D eigenvalue weighted by Gasteiger charge is -2.04. The smallest absolute Gasteiger partial charge is 0.0991 e. The van der Waals surface area contributed by atoms with Crippen molar-refractivity contribution in [2.24, 2.45) is 0 Å². The van der Waals surface area contributed by atoms with Gasteiger partial charge in [-0.25, -0.2) is 0 Å². The molecule has 0 aliphatic heterocycles. The summed E-state index contributed by atoms with van der Waals surface area (Å²) < 4.78 is 0. The molecule has 18 heavy (non-hydrogen) atoms. The van der Waals surface area contributed by atoms with Crippen molar-refractivity contribution >= 4 is 10.8 Å². The maximum atomic E-state index is 8.92. The Hall–Kier alpha value is -2.66. The fourth-order valence-corrected chi connectivity index (χ4v) is 2.03. The van der Waals surface area contributed by atoms with Gasteiger partial charge in [0.2, 0.25) is 0 Å². The van der Waals surface area contributed by atoms with Crippen LogP contribution in [0.5, 0.6) is 0 Å². The van der Waals surface area contributed by atoms with E-state index in [2.05, 4.69) is 29.3 Å². The fraction of sp³-hybridized carbons (Fsp3) is 0. The standard InChI is InChI=1S/C16H10N2/c17-10-12-2-1-3-13(8-12)14-4-5-16-11-18-7-6-15(16)9-14/h1-9,11H. The molecule has 0 bridgehead atoms. The molecule has 84 valence electrons. The van der Waals surface area contributed by atoms with Crippen molar-refractivity contribution in [3.63, 3.8) is 0 Å². The van der Waals surface area contributed by atoms with E-state index in [1.807, 2.05) is 36.5 Å². The summed E-state index contributed by atoms with van der Waals surface area (Å²) in [6.45, 7) is 0. The molecule has 1 heterocycles. The van der Waals surface area contributed by atoms with E-state index in [0.717, 1.165) is 21.9 Å². The van der Waals surface area contributed by atoms with Gasteiger partial charge in [0.25, 0.3) is 0 Å². The Morgan fingerprint density at radius 2 is 1.78 bits per heavy atom. The van der Waals surface area contributed by atoms with Gasteiger partial charge in [0, 0.05) is 17.8 Å². The number of aromatic nitrogens is 1. The molecule has 2 aromatic carbocycles. The predicted octanol–water partition coefficient (Wildman–Crippen LogP) is 3.77. The first-order valence-electron chi connectivity index (χ1n) is 5.71. The van der Waals surface area contributed by atoms with Crippen molar-refractivity contribution in [1.29, 1.82) is 5.26 Å². The molecule has 0 saturated heterocycles. The summed E-state index contributed by atoms with van der Waals surface area (Å²) >= 11 is 0. The lowest BCUT2D eigenvalue weighted by Crippen LogP contribution is -1.81. The van der Waals surface area contributed by atoms with Gasteiger partial charge in [-0.05, 0) is 40.8 Å². The second kappa shape index (κ2) is 4.31. The number of pyridine rings is 1. The van der Waals surface area contributed by atoms with Crippen LogP contribution in [0.15, 0.2) is 60.9 Å². The average Bonchev–Trinajstić information content (AvgIpc) is 2.47. The molecule has 3 rings (SSSR count). The summed E-state index contributed by atoms with van der Waals surface area (Å²) in [6.07, 6.45) is 3.64. The van der Waals surface area contributed by atoms with E-state index >= 15 is 0 Å². The highest BCUT2D eigenvalue weighted by molar-refractivity contribution is 5.86. The molecular formula is C16H10N2. The van der Waals surface area contributed by atoms with Gasteiger partial charge < -0.3 is 0 Å². The average molecular weight is 230 g/mol. The van der Waals surface area contributed by atoms with Crippen molar-refractivity contribution in [2.75, 3.05) is 0 Å². The molecular weight excluding hydrogens is 220 g/mol. The summed E-state index contributed by atoms with van der Waals surface area (Å²) in [4.78, 5) is 4.10. The minimum absolute atomic E-state index is 0.683. The first-order valence-corrected chi connectivity index (χ1v) is 5.71. The monoisotopic (exact) mass is 230 g/mol. The van der Waals surface area contributed by atoms with Crippen molar-refractivity contribution in [3.05, 3.63) is 66.5 Å². The lowest BCUT2D eigenvalue weighted by atomic mass is 10.0. The third-order valence-electron chi connectivity index (χ3n) is 2.97. The van der Waals surface area contributed by atoms with Crippen LogP contribution in [0, 0.1) is 11.3 Å². The van der Waals surface area contributed by atoms with Crippen LogP contribution in [0.2, 0.25) is 0 Å². The highest BCUT2D eigenvalue weighted by Gasteiger charge is 2.00. The van der Waals surface area contributed by atoms with Crippen LogP contribution in [-0.2, 0) is 0 Å². The summed E-state index contributed by atoms with van der Waals surface area (Å²) in [5.74, 6) is 0. The number of nitrogens with zero attached hydrogens (tertiary/aromatic N) is 2. The summed E-state index contributed by atoms with van der Waals surface area (Å²) in [5, 5.41) is 11.2. The molecule has 0 unspecified atom stereocenters. The van der Waals surface area contributed by atoms with Gasteiger partial charge in [0.05, 0.1) is 11.6 Å². The Bertz CT molecular complexity index is 754. The van der Waals surface area contributed by atoms with Gasteiger partial charge in [0.15, 0.2) is 0 Å². The van der Waals surface area contributed by atoms with Gasteiger partial charge >= 0.3 is 0 Å². The Balaban J connectivity index is 2.16. The molecule has 0 amide bonds. The van der Waals surface area contributed by atoms with Crippen LogP contribution in [0.4, 0.5) is 0 Å². The largest absolute Gasteiger partial charge is 0.264 e. The van der Waals surface area contributed by atoms with Crippen molar-refractivity contribution < 1.29 is 0 Å². The Labute approximate surface area is 105 Å². The topological polar surface area (TPSA) is 36.7 Å². The van der Waals surface area contributed by atoms with Gasteiger partial charge in [0.1, 0.15) is 0 Å². The lowest BCUT2D eigenvalue weighted by molar-refractivity contribution is 1.36. The molecule has 0 aliphatic rings. The highest BCUT2D eigenvalue weighted by atomic mass is 14.6. The van der Waals surface area contributed by atoms with Crippen LogP contribution in [0.25, 0.3) is 21.9 Å². The number of hydrogen-bond acceptors (Lipinski definition) is 2. The van der Waals surface area contributed by atoms with Crippen LogP contribution in [-0.4, -0.2) is 4.98 Å². The van der Waals surface area contributed by atoms with Crippen molar-refractivity contribution in [3.8, 4) is 17.2 Å². The SMILES string of the molecule is N#Cc1cccc(-c2ccc3cnccc3c2)c1. The van der Waals surface area contributed by atoms with Crippen LogP contribution in [0.1, 0.15) is 5.56 Å². The van der Waals surface area contributed by atoms with Crippen molar-refractivity contribution in [1.82, 2.24) is 4.98 Å². The predicted molar refractivity (Wildman–Crippen MR) is 71.9 cm³/mol. The van der Waals surface area contributed by atoms with Crippen molar-refractivity contribution in [2.45, 2.75) is 0 Å². The number of hydrogen-bond donors (Lipinski definition) is 0. The summed E-state index contributed by atoms with van der Waals surface area (Å²) in [6, 6.07) is 18.0. The van der Waals surface area contributed by atoms with E-state index in [1.54, 1.807) is 6.20 Å². The molecule has 0 saturated carbocycles. The molecule has 0 N–H and O–H groups in total. The molecule has 1 aromatic heterocycles. The Morgan fingerprint density at radius 3 is 2.67 bits per heavy atom. The molecule has 2 nitrogen and oxygen atoms in total. The third kappa shape index (κ3) is 1.83. The van der Waals surface area contributed by atoms with E-state index in [1.165, 1.54) is 0 Å². The highest BCUT2D eigenvalue weighted by Crippen LogP contribution is 2.24. The van der Waals surface area contributed by atoms with E-state index in [4.69, 9.17) is 5.26 Å². The van der Waals surface area contributed by atoms with Crippen LogP contribution >= 0.6 is 0 Å². The van der Waals surface area contributed by atoms with Crippen LogP contribution < -0.4 is 0 Å². The van der Waals surface area contributed by atoms with E-state index < -0.39 is 0 Å². The van der Waals surface area contributed by atoms with E-state index in [9.17, 15) is 0 Å². The van der Waals surface area contributed by atoms with E-state index in [0.29, 0.717) is 5.56 Å². The number of benzene rings is 2. The summed E-state index contributed by atoms with van der Waals surface area (Å²) in [7, 11) is 0. The minimum atomic E-state index is 0.683. The zero-order valence-electron chi connectivity index (χ0n) is 9.67. The minimum Gasteiger partial charge on any atom is -0.264 e. The summed E-state index contributed by atoms with van der Waals surface area (Å²) in [5.41, 5.74) is 2.86. The molecule has 0 atom stereocenters. The van der Waals surface area contributed by atoms with Gasteiger partial charge in [-0.1, -0.05) is 24.3 Å². The van der Waals surface area contributed by atoms with Crippen LogP contribution in [0.3, 0.4) is 0 Å². The maximum Gasteiger partial charge on any atom is 0.0991 e. The second-order valence-electron chi connectivity index (χ2n) is 4.13. The Morgan fingerprint density at radius 1 is 0.889 bits per heavy atom. The first-order chi connectivity index (χ1) is 8.86. The van der Waals surface area contributed by atoms with E-state index in [-0.39, 0.29) is 0 Å². The van der Waals surface area contributed by atoms with Gasteiger partial charge in [-0.15, -0.1) is 0 Å². The number of nitriles is 1. The Kier molecular flexibility index (Phi) is 2.51. The molecule has 0 spiro atoms. The zero-order valence-corrected chi connectivity index (χ0v) is 9.67. The normalized spacial score (nSPS) is 10.2. The van der Waals surface area contributed by atoms with Gasteiger partial charge in [-0.2, -0.15) is 5.26 Å². The molecule has 3 aromatic rings. The maximum absolute atomic E-state index is 8.92. The number of fused-ring (bicyclic) bond motifs is 1. The molecule has 0 aliphatic carbocycles. The number of rotatable bonds is 1. The quantitative estimate of drug-likeness (QED) is 0.638. The van der Waals surface area contributed by atoms with Gasteiger partial charge in [-0.3, -0.25) is 4.98 Å². The first kappa shape index (κ1) is 10.5. The fourth-order valence-electron chi connectivity index (χ4n) is 2.03. The second-order valence-corrected chi connectivity index (χ2v) is 4.13.